The number of carbonyl (C=O) groups is 1. The van der Waals surface area contributed by atoms with Crippen LogP contribution in [-0.4, -0.2) is 48.5 Å². The molecule has 3 heterocycles. The minimum atomic E-state index is -2.87. The van der Waals surface area contributed by atoms with Gasteiger partial charge in [-0.05, 0) is 12.5 Å². The maximum Gasteiger partial charge on any atom is 0.261 e. The maximum absolute atomic E-state index is 14.1. The van der Waals surface area contributed by atoms with Crippen LogP contribution >= 0.6 is 0 Å². The summed E-state index contributed by atoms with van der Waals surface area (Å²) in [5.74, 6) is -2.69. The van der Waals surface area contributed by atoms with Gasteiger partial charge in [-0.25, -0.2) is 13.8 Å². The molecule has 1 spiro atoms. The summed E-state index contributed by atoms with van der Waals surface area (Å²) in [6.07, 6.45) is 1.69. The number of nitrogens with zero attached hydrogens (tertiary/aromatic N) is 2. The largest absolute Gasteiger partial charge is 0.481 e. The molecule has 0 bridgehead atoms. The number of amides is 1. The molecule has 1 atom stereocenters. The zero-order chi connectivity index (χ0) is 15.8. The first-order chi connectivity index (χ1) is 10.4. The van der Waals surface area contributed by atoms with Crippen molar-refractivity contribution in [3.63, 3.8) is 0 Å². The van der Waals surface area contributed by atoms with Gasteiger partial charge in [0.05, 0.1) is 19.1 Å². The Morgan fingerprint density at radius 1 is 1.45 bits per heavy atom. The Labute approximate surface area is 127 Å². The van der Waals surface area contributed by atoms with Crippen LogP contribution in [0.15, 0.2) is 18.3 Å². The molecule has 0 unspecified atom stereocenters. The number of rotatable bonds is 3. The fraction of sp³-hybridized carbons (Fsp3) is 0.600. The minimum absolute atomic E-state index is 0.255. The Morgan fingerprint density at radius 3 is 2.95 bits per heavy atom. The molecule has 120 valence electrons. The Balaban J connectivity index is 1.83. The fourth-order valence-electron chi connectivity index (χ4n) is 3.53. The van der Waals surface area contributed by atoms with Gasteiger partial charge >= 0.3 is 0 Å². The summed E-state index contributed by atoms with van der Waals surface area (Å²) >= 11 is 0. The number of hydrogen-bond acceptors (Lipinski definition) is 4. The van der Waals surface area contributed by atoms with E-state index in [9.17, 15) is 13.6 Å². The molecule has 0 radical (unpaired) electrons. The summed E-state index contributed by atoms with van der Waals surface area (Å²) in [4.78, 5) is 17.8. The Bertz CT molecular complexity index is 582. The number of alkyl halides is 2. The highest BCUT2D eigenvalue weighted by molar-refractivity contribution is 5.85. The van der Waals surface area contributed by atoms with Gasteiger partial charge in [0.25, 0.3) is 5.92 Å². The second-order valence-corrected chi connectivity index (χ2v) is 6.14. The van der Waals surface area contributed by atoms with Gasteiger partial charge in [0, 0.05) is 37.8 Å². The van der Waals surface area contributed by atoms with Crippen LogP contribution in [0.3, 0.4) is 0 Å². The molecule has 0 saturated carbocycles. The van der Waals surface area contributed by atoms with E-state index in [1.807, 2.05) is 0 Å². The lowest BCUT2D eigenvalue weighted by molar-refractivity contribution is -0.149. The molecule has 1 amide bonds. The van der Waals surface area contributed by atoms with E-state index in [0.29, 0.717) is 31.9 Å². The number of methoxy groups -OCH3 is 1. The molecule has 7 heteroatoms. The predicted molar refractivity (Wildman–Crippen MR) is 75.7 cm³/mol. The van der Waals surface area contributed by atoms with Crippen LogP contribution in [0.5, 0.6) is 5.88 Å². The van der Waals surface area contributed by atoms with Gasteiger partial charge in [-0.1, -0.05) is 6.07 Å². The van der Waals surface area contributed by atoms with Crippen molar-refractivity contribution in [3.8, 4) is 5.88 Å². The normalized spacial score (nSPS) is 27.9. The fourth-order valence-corrected chi connectivity index (χ4v) is 3.53. The van der Waals surface area contributed by atoms with E-state index in [1.165, 1.54) is 7.11 Å². The number of piperidine rings is 1. The second-order valence-electron chi connectivity index (χ2n) is 6.14. The van der Waals surface area contributed by atoms with Gasteiger partial charge in [-0.2, -0.15) is 0 Å². The van der Waals surface area contributed by atoms with E-state index in [0.717, 1.165) is 5.56 Å². The summed E-state index contributed by atoms with van der Waals surface area (Å²) in [7, 11) is 1.50. The molecule has 3 rings (SSSR count). The second kappa shape index (κ2) is 5.46. The van der Waals surface area contributed by atoms with Gasteiger partial charge in [-0.15, -0.1) is 0 Å². The third-order valence-electron chi connectivity index (χ3n) is 4.39. The van der Waals surface area contributed by atoms with E-state index < -0.39 is 11.3 Å². The molecule has 0 aromatic carbocycles. The highest BCUT2D eigenvalue weighted by Crippen LogP contribution is 2.43. The predicted octanol–water partition coefficient (Wildman–Crippen LogP) is 1.44. The zero-order valence-corrected chi connectivity index (χ0v) is 12.4. The molecule has 0 aliphatic carbocycles. The summed E-state index contributed by atoms with van der Waals surface area (Å²) in [6.45, 7) is 0.757. The van der Waals surface area contributed by atoms with Crippen LogP contribution in [0.2, 0.25) is 0 Å². The van der Waals surface area contributed by atoms with Crippen LogP contribution < -0.4 is 10.1 Å². The summed E-state index contributed by atoms with van der Waals surface area (Å²) in [6, 6.07) is 3.55. The molecule has 2 aliphatic rings. The summed E-state index contributed by atoms with van der Waals surface area (Å²) in [5.41, 5.74) is -0.228. The van der Waals surface area contributed by atoms with Crippen LogP contribution in [0.25, 0.3) is 0 Å². The monoisotopic (exact) mass is 311 g/mol. The van der Waals surface area contributed by atoms with Gasteiger partial charge in [0.15, 0.2) is 0 Å². The molecule has 5 nitrogen and oxygen atoms in total. The molecule has 2 saturated heterocycles. The Kier molecular flexibility index (Phi) is 3.76. The van der Waals surface area contributed by atoms with Crippen molar-refractivity contribution >= 4 is 5.91 Å². The Hall–Kier alpha value is -1.76. The van der Waals surface area contributed by atoms with Gasteiger partial charge < -0.3 is 10.1 Å². The van der Waals surface area contributed by atoms with Crippen molar-refractivity contribution in [2.24, 2.45) is 5.41 Å². The van der Waals surface area contributed by atoms with Crippen molar-refractivity contribution in [2.75, 3.05) is 26.7 Å². The minimum Gasteiger partial charge on any atom is -0.481 e. The molecular weight excluding hydrogens is 292 g/mol. The first-order valence-corrected chi connectivity index (χ1v) is 7.31. The molecule has 1 aromatic heterocycles. The van der Waals surface area contributed by atoms with Crippen molar-refractivity contribution in [1.82, 2.24) is 15.2 Å². The first-order valence-electron chi connectivity index (χ1n) is 7.31. The number of halogens is 2. The number of carbonyl (C=O) groups excluding carboxylic acids is 1. The molecule has 2 fully saturated rings. The molecule has 2 aliphatic heterocycles. The van der Waals surface area contributed by atoms with Crippen molar-refractivity contribution in [1.29, 1.82) is 0 Å². The number of nitrogens with one attached hydrogen (secondary N) is 1. The summed E-state index contributed by atoms with van der Waals surface area (Å²) < 4.78 is 33.5. The van der Waals surface area contributed by atoms with E-state index in [-0.39, 0.29) is 18.9 Å². The lowest BCUT2D eigenvalue weighted by atomic mass is 9.77. The molecule has 1 aromatic rings. The molecule has 1 N–H and O–H groups in total. The van der Waals surface area contributed by atoms with Crippen molar-refractivity contribution in [3.05, 3.63) is 23.9 Å². The molecule has 22 heavy (non-hydrogen) atoms. The quantitative estimate of drug-likeness (QED) is 0.918. The summed E-state index contributed by atoms with van der Waals surface area (Å²) in [5, 5.41) is 2.69. The van der Waals surface area contributed by atoms with Gasteiger partial charge in [-0.3, -0.25) is 9.69 Å². The SMILES string of the molecule is COc1ncccc1CN1CC(F)(F)C[C@]2(CCNC2=O)C1. The Morgan fingerprint density at radius 2 is 2.27 bits per heavy atom. The van der Waals surface area contributed by atoms with Crippen LogP contribution in [0, 0.1) is 5.41 Å². The lowest BCUT2D eigenvalue weighted by Gasteiger charge is -2.42. The topological polar surface area (TPSA) is 54.5 Å². The highest BCUT2D eigenvalue weighted by Gasteiger charge is 2.54. The van der Waals surface area contributed by atoms with Gasteiger partial charge in [0.1, 0.15) is 0 Å². The van der Waals surface area contributed by atoms with Crippen LogP contribution in [0.4, 0.5) is 8.78 Å². The molecular formula is C15H19F2N3O2. The zero-order valence-electron chi connectivity index (χ0n) is 12.4. The van der Waals surface area contributed by atoms with E-state index >= 15 is 0 Å². The third kappa shape index (κ3) is 2.77. The van der Waals surface area contributed by atoms with E-state index in [4.69, 9.17) is 4.74 Å². The van der Waals surface area contributed by atoms with E-state index in [2.05, 4.69) is 10.3 Å². The van der Waals surface area contributed by atoms with Gasteiger partial charge in [0.2, 0.25) is 11.8 Å². The average Bonchev–Trinajstić information content (AvgIpc) is 2.77. The smallest absolute Gasteiger partial charge is 0.261 e. The lowest BCUT2D eigenvalue weighted by Crippen LogP contribution is -2.54. The van der Waals surface area contributed by atoms with Crippen LogP contribution in [-0.2, 0) is 11.3 Å². The highest BCUT2D eigenvalue weighted by atomic mass is 19.3. The van der Waals surface area contributed by atoms with E-state index in [1.54, 1.807) is 23.2 Å². The average molecular weight is 311 g/mol. The standard InChI is InChI=1S/C15H19F2N3O2/c1-22-12-11(3-2-5-18-12)7-20-9-14(4-6-19-13(14)21)8-15(16,17)10-20/h2-3,5H,4,6-10H2,1H3,(H,19,21)/t14-/m1/s1. The maximum atomic E-state index is 14.1. The number of pyridine rings is 1. The number of aromatic nitrogens is 1. The first kappa shape index (κ1) is 15.1. The third-order valence-corrected chi connectivity index (χ3v) is 4.39. The number of likely N-dealkylation sites (tertiary alicyclic amines) is 1. The number of hydrogen-bond donors (Lipinski definition) is 1. The van der Waals surface area contributed by atoms with Crippen molar-refractivity contribution < 1.29 is 18.3 Å². The van der Waals surface area contributed by atoms with Crippen LogP contribution in [0.1, 0.15) is 18.4 Å². The number of ether oxygens (including phenoxy) is 1. The van der Waals surface area contributed by atoms with Crippen molar-refractivity contribution in [2.45, 2.75) is 25.3 Å².